The minimum absolute atomic E-state index is 0.0918. The molecule has 41 heavy (non-hydrogen) atoms. The first-order valence-corrected chi connectivity index (χ1v) is 18.6. The number of amides is 1. The average molecular weight is 607 g/mol. The molecule has 0 radical (unpaired) electrons. The first-order chi connectivity index (χ1) is 19.9. The predicted octanol–water partition coefficient (Wildman–Crippen LogP) is 8.33. The van der Waals surface area contributed by atoms with Gasteiger partial charge in [-0.25, -0.2) is 4.57 Å². The van der Waals surface area contributed by atoms with E-state index in [1.807, 2.05) is 0 Å². The average Bonchev–Trinajstić information content (AvgIpc) is 2.95. The second-order valence-corrected chi connectivity index (χ2v) is 13.2. The number of rotatable bonds is 32. The van der Waals surface area contributed by atoms with Crippen LogP contribution in [0.15, 0.2) is 0 Å². The molecule has 0 saturated heterocycles. The van der Waals surface area contributed by atoms with Crippen LogP contribution >= 0.6 is 7.82 Å². The molecule has 8 nitrogen and oxygen atoms in total. The largest absolute Gasteiger partial charge is 0.472 e. The zero-order valence-electron chi connectivity index (χ0n) is 26.8. The van der Waals surface area contributed by atoms with Crippen molar-refractivity contribution in [2.24, 2.45) is 5.73 Å². The molecule has 0 spiro atoms. The highest BCUT2D eigenvalue weighted by atomic mass is 31.2. The Balaban J connectivity index is 4.29. The number of nitrogens with two attached hydrogens (primary N) is 1. The fourth-order valence-corrected chi connectivity index (χ4v) is 5.84. The number of nitrogens with one attached hydrogen (secondary N) is 1. The Morgan fingerprint density at radius 1 is 0.707 bits per heavy atom. The summed E-state index contributed by atoms with van der Waals surface area (Å²) in [5.41, 5.74) is 5.34. The molecule has 0 saturated carbocycles. The van der Waals surface area contributed by atoms with Crippen LogP contribution in [0.1, 0.15) is 168 Å². The third-order valence-electron chi connectivity index (χ3n) is 7.71. The van der Waals surface area contributed by atoms with E-state index in [1.165, 1.54) is 103 Å². The van der Waals surface area contributed by atoms with E-state index in [2.05, 4.69) is 19.2 Å². The van der Waals surface area contributed by atoms with Crippen molar-refractivity contribution in [3.8, 4) is 0 Å². The van der Waals surface area contributed by atoms with Crippen molar-refractivity contribution in [1.29, 1.82) is 0 Å². The van der Waals surface area contributed by atoms with E-state index in [0.717, 1.165) is 38.5 Å². The molecule has 0 aromatic heterocycles. The summed E-state index contributed by atoms with van der Waals surface area (Å²) in [6, 6.07) is -0.764. The van der Waals surface area contributed by atoms with Crippen LogP contribution < -0.4 is 11.1 Å². The summed E-state index contributed by atoms with van der Waals surface area (Å²) in [7, 11) is -4.29. The van der Waals surface area contributed by atoms with Gasteiger partial charge in [-0.2, -0.15) is 0 Å². The van der Waals surface area contributed by atoms with Crippen LogP contribution in [0.5, 0.6) is 0 Å². The van der Waals surface area contributed by atoms with Crippen molar-refractivity contribution in [1.82, 2.24) is 5.32 Å². The van der Waals surface area contributed by atoms with Crippen LogP contribution in [-0.4, -0.2) is 47.8 Å². The summed E-state index contributed by atoms with van der Waals surface area (Å²) in [5.74, 6) is -0.165. The molecule has 0 aliphatic rings. The van der Waals surface area contributed by atoms with Crippen molar-refractivity contribution >= 4 is 13.7 Å². The standard InChI is InChI=1S/C32H67N2O6P/c1-3-5-7-9-11-13-14-15-16-18-19-21-23-25-31(35)30(29-40-41(37,38)39-28-27-33)34-32(36)26-24-22-20-17-12-10-8-6-4-2/h30-31,35H,3-29,33H2,1-2H3,(H,34,36)(H,37,38)/t30-,31+/m0/s1. The van der Waals surface area contributed by atoms with Crippen LogP contribution in [0, 0.1) is 0 Å². The second-order valence-electron chi connectivity index (χ2n) is 11.7. The van der Waals surface area contributed by atoms with Gasteiger partial charge in [-0.05, 0) is 12.8 Å². The lowest BCUT2D eigenvalue weighted by Crippen LogP contribution is -2.46. The highest BCUT2D eigenvalue weighted by molar-refractivity contribution is 7.47. The van der Waals surface area contributed by atoms with Gasteiger partial charge in [-0.1, -0.05) is 149 Å². The Morgan fingerprint density at radius 2 is 1.12 bits per heavy atom. The molecule has 0 rings (SSSR count). The molecular weight excluding hydrogens is 539 g/mol. The molecule has 0 heterocycles. The minimum Gasteiger partial charge on any atom is -0.391 e. The van der Waals surface area contributed by atoms with Crippen LogP contribution in [-0.2, 0) is 18.4 Å². The van der Waals surface area contributed by atoms with Crippen LogP contribution in [0.4, 0.5) is 0 Å². The molecule has 0 aliphatic heterocycles. The maximum atomic E-state index is 12.6. The molecule has 0 fully saturated rings. The van der Waals surface area contributed by atoms with Gasteiger partial charge in [0.25, 0.3) is 0 Å². The lowest BCUT2D eigenvalue weighted by Gasteiger charge is -2.25. The molecule has 0 aromatic carbocycles. The zero-order chi connectivity index (χ0) is 30.4. The summed E-state index contributed by atoms with van der Waals surface area (Å²) in [5, 5.41) is 13.7. The van der Waals surface area contributed by atoms with E-state index in [9.17, 15) is 19.4 Å². The molecule has 0 aliphatic carbocycles. The number of hydrogen-bond acceptors (Lipinski definition) is 6. The molecule has 3 atom stereocenters. The number of unbranched alkanes of at least 4 members (excludes halogenated alkanes) is 20. The van der Waals surface area contributed by atoms with E-state index in [1.54, 1.807) is 0 Å². The summed E-state index contributed by atoms with van der Waals surface area (Å²) in [6.07, 6.45) is 26.8. The monoisotopic (exact) mass is 606 g/mol. The van der Waals surface area contributed by atoms with E-state index < -0.39 is 20.0 Å². The number of carbonyl (C=O) groups excluding carboxylic acids is 1. The normalized spacial score (nSPS) is 14.6. The van der Waals surface area contributed by atoms with Gasteiger partial charge in [0.1, 0.15) is 0 Å². The maximum absolute atomic E-state index is 12.6. The second kappa shape index (κ2) is 29.6. The third-order valence-corrected chi connectivity index (χ3v) is 8.70. The lowest BCUT2D eigenvalue weighted by atomic mass is 10.0. The van der Waals surface area contributed by atoms with Crippen molar-refractivity contribution in [3.05, 3.63) is 0 Å². The summed E-state index contributed by atoms with van der Waals surface area (Å²) in [4.78, 5) is 22.5. The number of hydrogen-bond donors (Lipinski definition) is 4. The Hall–Kier alpha value is -0.500. The Bertz CT molecular complexity index is 625. The fourth-order valence-electron chi connectivity index (χ4n) is 5.08. The SMILES string of the molecule is CCCCCCCCCCCCCCC[C@@H](O)[C@H](COP(=O)(O)OCCN)NC(=O)CCCCCCCCCCC. The molecular formula is C32H67N2O6P. The highest BCUT2D eigenvalue weighted by Gasteiger charge is 2.27. The lowest BCUT2D eigenvalue weighted by molar-refractivity contribution is -0.123. The van der Waals surface area contributed by atoms with E-state index in [4.69, 9.17) is 14.8 Å². The first-order valence-electron chi connectivity index (χ1n) is 17.2. The van der Waals surface area contributed by atoms with Crippen LogP contribution in [0.2, 0.25) is 0 Å². The van der Waals surface area contributed by atoms with Crippen LogP contribution in [0.3, 0.4) is 0 Å². The summed E-state index contributed by atoms with van der Waals surface area (Å²) >= 11 is 0. The Kier molecular flexibility index (Phi) is 29.2. The summed E-state index contributed by atoms with van der Waals surface area (Å²) < 4.78 is 22.0. The quantitative estimate of drug-likeness (QED) is 0.0447. The Labute approximate surface area is 252 Å². The van der Waals surface area contributed by atoms with Crippen molar-refractivity contribution < 1.29 is 28.4 Å². The topological polar surface area (TPSA) is 131 Å². The van der Waals surface area contributed by atoms with Gasteiger partial charge in [0, 0.05) is 13.0 Å². The van der Waals surface area contributed by atoms with Crippen molar-refractivity contribution in [3.63, 3.8) is 0 Å². The Morgan fingerprint density at radius 3 is 1.56 bits per heavy atom. The molecule has 1 unspecified atom stereocenters. The van der Waals surface area contributed by atoms with Gasteiger partial charge >= 0.3 is 7.82 Å². The molecule has 1 amide bonds. The van der Waals surface area contributed by atoms with Gasteiger partial charge in [0.15, 0.2) is 0 Å². The number of phosphoric acid groups is 1. The van der Waals surface area contributed by atoms with E-state index in [-0.39, 0.29) is 25.7 Å². The van der Waals surface area contributed by atoms with Gasteiger partial charge in [-0.3, -0.25) is 13.8 Å². The van der Waals surface area contributed by atoms with Gasteiger partial charge in [-0.15, -0.1) is 0 Å². The minimum atomic E-state index is -4.29. The molecule has 0 bridgehead atoms. The van der Waals surface area contributed by atoms with E-state index >= 15 is 0 Å². The predicted molar refractivity (Wildman–Crippen MR) is 171 cm³/mol. The van der Waals surface area contributed by atoms with Crippen LogP contribution in [0.25, 0.3) is 0 Å². The van der Waals surface area contributed by atoms with Gasteiger partial charge < -0.3 is 21.1 Å². The molecule has 246 valence electrons. The fraction of sp³-hybridized carbons (Fsp3) is 0.969. The number of phosphoric ester groups is 1. The maximum Gasteiger partial charge on any atom is 0.472 e. The smallest absolute Gasteiger partial charge is 0.391 e. The van der Waals surface area contributed by atoms with Crippen molar-refractivity contribution in [2.75, 3.05) is 19.8 Å². The molecule has 9 heteroatoms. The number of aliphatic hydroxyl groups excluding tert-OH is 1. The van der Waals surface area contributed by atoms with Crippen molar-refractivity contribution in [2.45, 2.75) is 180 Å². The molecule has 0 aromatic rings. The number of carbonyl (C=O) groups is 1. The third kappa shape index (κ3) is 28.1. The van der Waals surface area contributed by atoms with E-state index in [0.29, 0.717) is 12.8 Å². The van der Waals surface area contributed by atoms with Gasteiger partial charge in [0.05, 0.1) is 25.4 Å². The first kappa shape index (κ1) is 40.5. The highest BCUT2D eigenvalue weighted by Crippen LogP contribution is 2.43. The molecule has 5 N–H and O–H groups in total. The van der Waals surface area contributed by atoms with Gasteiger partial charge in [0.2, 0.25) is 5.91 Å². The number of aliphatic hydroxyl groups is 1. The summed E-state index contributed by atoms with van der Waals surface area (Å²) in [6.45, 7) is 4.17. The zero-order valence-corrected chi connectivity index (χ0v) is 27.7.